The van der Waals surface area contributed by atoms with Crippen molar-refractivity contribution >= 4 is 5.97 Å². The fourth-order valence-corrected chi connectivity index (χ4v) is 1.23. The van der Waals surface area contributed by atoms with Crippen LogP contribution in [0.1, 0.15) is 16.2 Å². The molecule has 0 unspecified atom stereocenters. The summed E-state index contributed by atoms with van der Waals surface area (Å²) < 4.78 is 1.48. The molecule has 0 atom stereocenters. The molecule has 0 fully saturated rings. The molecule has 0 aromatic carbocycles. The van der Waals surface area contributed by atoms with Crippen LogP contribution in [0.5, 0.6) is 0 Å². The summed E-state index contributed by atoms with van der Waals surface area (Å²) in [5, 5.41) is 17.5. The zero-order valence-electron chi connectivity index (χ0n) is 8.03. The normalized spacial score (nSPS) is 9.69. The Balaban J connectivity index is 2.43. The molecule has 16 heavy (non-hydrogen) atoms. The van der Waals surface area contributed by atoms with Gasteiger partial charge in [-0.05, 0) is 12.1 Å². The summed E-state index contributed by atoms with van der Waals surface area (Å²) in [4.78, 5) is 18.4. The number of hydrogen-bond donors (Lipinski definition) is 1. The summed E-state index contributed by atoms with van der Waals surface area (Å²) in [5.41, 5.74) is 0.0994. The quantitative estimate of drug-likeness (QED) is 0.799. The molecule has 2 rings (SSSR count). The van der Waals surface area contributed by atoms with Gasteiger partial charge in [-0.1, -0.05) is 0 Å². The van der Waals surface area contributed by atoms with Crippen LogP contribution in [0.2, 0.25) is 0 Å². The second-order valence-electron chi connectivity index (χ2n) is 2.94. The molecule has 0 saturated carbocycles. The first-order chi connectivity index (χ1) is 7.72. The van der Waals surface area contributed by atoms with Gasteiger partial charge >= 0.3 is 5.97 Å². The lowest BCUT2D eigenvalue weighted by atomic mass is 10.3. The van der Waals surface area contributed by atoms with Crippen LogP contribution in [0.4, 0.5) is 0 Å². The maximum atomic E-state index is 10.6. The van der Waals surface area contributed by atoms with Crippen LogP contribution in [0.15, 0.2) is 30.7 Å². The Kier molecular flexibility index (Phi) is 2.36. The molecule has 0 aliphatic heterocycles. The second-order valence-corrected chi connectivity index (χ2v) is 2.94. The van der Waals surface area contributed by atoms with Crippen LogP contribution in [-0.2, 0) is 0 Å². The molecule has 1 N–H and O–H groups in total. The number of pyridine rings is 1. The Labute approximate surface area is 90.4 Å². The van der Waals surface area contributed by atoms with Gasteiger partial charge in [0.25, 0.3) is 0 Å². The summed E-state index contributed by atoms with van der Waals surface area (Å²) in [7, 11) is 0. The van der Waals surface area contributed by atoms with Gasteiger partial charge in [0.05, 0.1) is 5.56 Å². The van der Waals surface area contributed by atoms with Gasteiger partial charge in [0.15, 0.2) is 0 Å². The van der Waals surface area contributed by atoms with Crippen molar-refractivity contribution in [3.8, 4) is 11.9 Å². The van der Waals surface area contributed by atoms with Crippen LogP contribution < -0.4 is 0 Å². The third-order valence-electron chi connectivity index (χ3n) is 1.98. The largest absolute Gasteiger partial charge is 0.478 e. The van der Waals surface area contributed by atoms with Gasteiger partial charge in [-0.15, -0.1) is 0 Å². The molecule has 0 bridgehead atoms. The Morgan fingerprint density at radius 2 is 2.25 bits per heavy atom. The number of aromatic carboxylic acids is 1. The van der Waals surface area contributed by atoms with Crippen LogP contribution in [0.3, 0.4) is 0 Å². The minimum atomic E-state index is -1.04. The van der Waals surface area contributed by atoms with E-state index in [1.165, 1.54) is 29.1 Å². The van der Waals surface area contributed by atoms with Gasteiger partial charge in [0.2, 0.25) is 5.82 Å². The van der Waals surface area contributed by atoms with Gasteiger partial charge in [-0.3, -0.25) is 4.57 Å². The molecule has 2 aromatic heterocycles. The van der Waals surface area contributed by atoms with E-state index >= 15 is 0 Å². The number of carboxylic acid groups (broad SMARTS) is 1. The predicted octanol–water partition coefficient (Wildman–Crippen LogP) is 0.837. The highest BCUT2D eigenvalue weighted by molar-refractivity contribution is 5.87. The van der Waals surface area contributed by atoms with Crippen LogP contribution in [0, 0.1) is 11.3 Å². The van der Waals surface area contributed by atoms with Gasteiger partial charge in [0, 0.05) is 18.6 Å². The van der Waals surface area contributed by atoms with Crippen molar-refractivity contribution < 1.29 is 9.90 Å². The number of nitrogens with zero attached hydrogens (tertiary/aromatic N) is 4. The van der Waals surface area contributed by atoms with Crippen molar-refractivity contribution in [2.45, 2.75) is 0 Å². The van der Waals surface area contributed by atoms with E-state index in [1.54, 1.807) is 6.20 Å². The lowest BCUT2D eigenvalue weighted by molar-refractivity contribution is 0.0696. The zero-order valence-corrected chi connectivity index (χ0v) is 8.03. The molecule has 78 valence electrons. The van der Waals surface area contributed by atoms with Gasteiger partial charge in [-0.2, -0.15) is 5.26 Å². The van der Waals surface area contributed by atoms with Gasteiger partial charge in [-0.25, -0.2) is 14.8 Å². The minimum absolute atomic E-state index is 0.0994. The molecule has 6 nitrogen and oxygen atoms in total. The monoisotopic (exact) mass is 214 g/mol. The topological polar surface area (TPSA) is 91.8 Å². The molecule has 0 aliphatic rings. The predicted molar refractivity (Wildman–Crippen MR) is 53.0 cm³/mol. The Hall–Kier alpha value is -2.68. The van der Waals surface area contributed by atoms with E-state index in [0.29, 0.717) is 5.82 Å². The smallest absolute Gasteiger partial charge is 0.337 e. The summed E-state index contributed by atoms with van der Waals surface area (Å²) in [6.45, 7) is 0. The number of carbonyl (C=O) groups is 1. The third kappa shape index (κ3) is 1.62. The number of hydrogen-bond acceptors (Lipinski definition) is 4. The number of aromatic nitrogens is 3. The minimum Gasteiger partial charge on any atom is -0.478 e. The fraction of sp³-hybridized carbons (Fsp3) is 0. The lowest BCUT2D eigenvalue weighted by Gasteiger charge is -2.02. The first-order valence-electron chi connectivity index (χ1n) is 4.35. The van der Waals surface area contributed by atoms with E-state index in [-0.39, 0.29) is 11.4 Å². The highest BCUT2D eigenvalue weighted by Crippen LogP contribution is 2.08. The summed E-state index contributed by atoms with van der Waals surface area (Å²) in [6.07, 6.45) is 4.30. The number of imidazole rings is 1. The van der Waals surface area contributed by atoms with E-state index in [2.05, 4.69) is 9.97 Å². The Morgan fingerprint density at radius 3 is 2.81 bits per heavy atom. The SMILES string of the molecule is N#Cc1nccn1-c1ccc(C(=O)O)cn1. The molecule has 2 aromatic rings. The van der Waals surface area contributed by atoms with E-state index in [0.717, 1.165) is 0 Å². The Bertz CT molecular complexity index is 565. The summed E-state index contributed by atoms with van der Waals surface area (Å²) in [5.74, 6) is -0.375. The third-order valence-corrected chi connectivity index (χ3v) is 1.98. The Morgan fingerprint density at radius 1 is 1.44 bits per heavy atom. The van der Waals surface area contributed by atoms with Gasteiger partial charge in [0.1, 0.15) is 11.9 Å². The first-order valence-corrected chi connectivity index (χ1v) is 4.35. The maximum absolute atomic E-state index is 10.6. The lowest BCUT2D eigenvalue weighted by Crippen LogP contribution is -2.02. The average Bonchev–Trinajstić information content (AvgIpc) is 2.77. The summed E-state index contributed by atoms with van der Waals surface area (Å²) >= 11 is 0. The van der Waals surface area contributed by atoms with Crippen LogP contribution >= 0.6 is 0 Å². The molecule has 0 spiro atoms. The van der Waals surface area contributed by atoms with Crippen molar-refractivity contribution in [3.05, 3.63) is 42.1 Å². The molecule has 0 saturated heterocycles. The van der Waals surface area contributed by atoms with Crippen molar-refractivity contribution in [2.75, 3.05) is 0 Å². The number of rotatable bonds is 2. The standard InChI is InChI=1S/C10H6N4O2/c11-5-9-12-3-4-14(9)8-2-1-7(6-13-8)10(15)16/h1-4,6H,(H,15,16). The highest BCUT2D eigenvalue weighted by atomic mass is 16.4. The van der Waals surface area contributed by atoms with Crippen molar-refractivity contribution in [2.24, 2.45) is 0 Å². The highest BCUT2D eigenvalue weighted by Gasteiger charge is 2.07. The van der Waals surface area contributed by atoms with Crippen molar-refractivity contribution in [1.82, 2.24) is 14.5 Å². The van der Waals surface area contributed by atoms with Crippen molar-refractivity contribution in [1.29, 1.82) is 5.26 Å². The molecule has 2 heterocycles. The van der Waals surface area contributed by atoms with E-state index < -0.39 is 5.97 Å². The molecule has 0 aliphatic carbocycles. The molecule has 0 amide bonds. The number of carboxylic acids is 1. The average molecular weight is 214 g/mol. The van der Waals surface area contributed by atoms with Crippen LogP contribution in [0.25, 0.3) is 5.82 Å². The molecule has 6 heteroatoms. The maximum Gasteiger partial charge on any atom is 0.337 e. The van der Waals surface area contributed by atoms with Gasteiger partial charge < -0.3 is 5.11 Å². The first kappa shape index (κ1) is 9.86. The van der Waals surface area contributed by atoms with E-state index in [1.807, 2.05) is 6.07 Å². The summed E-state index contributed by atoms with van der Waals surface area (Å²) in [6, 6.07) is 4.85. The fourth-order valence-electron chi connectivity index (χ4n) is 1.23. The number of nitriles is 1. The molecular formula is C10H6N4O2. The second kappa shape index (κ2) is 3.82. The van der Waals surface area contributed by atoms with E-state index in [4.69, 9.17) is 10.4 Å². The van der Waals surface area contributed by atoms with Crippen LogP contribution in [-0.4, -0.2) is 25.6 Å². The zero-order chi connectivity index (χ0) is 11.5. The molecule has 0 radical (unpaired) electrons. The molecular weight excluding hydrogens is 208 g/mol. The van der Waals surface area contributed by atoms with Crippen molar-refractivity contribution in [3.63, 3.8) is 0 Å². The van der Waals surface area contributed by atoms with E-state index in [9.17, 15) is 4.79 Å².